The molecule has 0 radical (unpaired) electrons. The number of aryl methyl sites for hydroxylation is 1. The highest BCUT2D eigenvalue weighted by molar-refractivity contribution is 6.01. The molecule has 0 saturated carbocycles. The zero-order chi connectivity index (χ0) is 17.4. The SMILES string of the molecule is Cc1noc([C@H]2CCCN(C(=O)[C@H]3CC(=O)Nc4ccccc43)C2)n1. The molecule has 2 amide bonds. The van der Waals surface area contributed by atoms with Gasteiger partial charge in [0.1, 0.15) is 0 Å². The van der Waals surface area contributed by atoms with Crippen molar-refractivity contribution in [3.8, 4) is 0 Å². The maximum absolute atomic E-state index is 13.1. The average molecular weight is 340 g/mol. The number of benzene rings is 1. The van der Waals surface area contributed by atoms with Crippen LogP contribution in [0.4, 0.5) is 5.69 Å². The smallest absolute Gasteiger partial charge is 0.231 e. The first kappa shape index (κ1) is 15.8. The van der Waals surface area contributed by atoms with Gasteiger partial charge in [-0.3, -0.25) is 9.59 Å². The number of para-hydroxylation sites is 1. The van der Waals surface area contributed by atoms with Crippen LogP contribution < -0.4 is 5.32 Å². The molecule has 1 aromatic carbocycles. The zero-order valence-electron chi connectivity index (χ0n) is 14.1. The number of aromatic nitrogens is 2. The Morgan fingerprint density at radius 3 is 3.00 bits per heavy atom. The summed E-state index contributed by atoms with van der Waals surface area (Å²) in [5, 5.41) is 6.69. The van der Waals surface area contributed by atoms with Gasteiger partial charge in [0.05, 0.1) is 11.8 Å². The molecule has 130 valence electrons. The minimum Gasteiger partial charge on any atom is -0.341 e. The van der Waals surface area contributed by atoms with Crippen LogP contribution in [0.2, 0.25) is 0 Å². The van der Waals surface area contributed by atoms with Crippen LogP contribution in [0.25, 0.3) is 0 Å². The molecule has 2 aliphatic heterocycles. The molecule has 3 heterocycles. The Balaban J connectivity index is 1.55. The first-order valence-corrected chi connectivity index (χ1v) is 8.59. The van der Waals surface area contributed by atoms with E-state index in [-0.39, 0.29) is 24.2 Å². The molecule has 0 unspecified atom stereocenters. The molecule has 0 spiro atoms. The van der Waals surface area contributed by atoms with Crippen molar-refractivity contribution < 1.29 is 14.1 Å². The summed E-state index contributed by atoms with van der Waals surface area (Å²) in [7, 11) is 0. The molecule has 7 nitrogen and oxygen atoms in total. The minimum atomic E-state index is -0.423. The summed E-state index contributed by atoms with van der Waals surface area (Å²) in [5.74, 6) is 0.731. The van der Waals surface area contributed by atoms with Crippen LogP contribution in [0.1, 0.15) is 48.4 Å². The van der Waals surface area contributed by atoms with Crippen molar-refractivity contribution in [2.75, 3.05) is 18.4 Å². The molecular formula is C18H20N4O3. The summed E-state index contributed by atoms with van der Waals surface area (Å²) in [6, 6.07) is 7.52. The molecule has 4 rings (SSSR count). The van der Waals surface area contributed by atoms with Gasteiger partial charge in [-0.2, -0.15) is 4.98 Å². The van der Waals surface area contributed by atoms with Crippen LogP contribution in [-0.2, 0) is 9.59 Å². The fourth-order valence-corrected chi connectivity index (χ4v) is 3.71. The average Bonchev–Trinajstić information content (AvgIpc) is 3.07. The number of piperidine rings is 1. The van der Waals surface area contributed by atoms with Gasteiger partial charge < -0.3 is 14.7 Å². The van der Waals surface area contributed by atoms with Gasteiger partial charge in [0, 0.05) is 25.2 Å². The predicted octanol–water partition coefficient (Wildman–Crippen LogP) is 2.21. The minimum absolute atomic E-state index is 0.00300. The lowest BCUT2D eigenvalue weighted by Gasteiger charge is -2.35. The molecule has 25 heavy (non-hydrogen) atoms. The number of hydrogen-bond donors (Lipinski definition) is 1. The van der Waals surface area contributed by atoms with E-state index < -0.39 is 5.92 Å². The maximum atomic E-state index is 13.1. The third-order valence-corrected chi connectivity index (χ3v) is 4.92. The van der Waals surface area contributed by atoms with Crippen molar-refractivity contribution in [1.82, 2.24) is 15.0 Å². The van der Waals surface area contributed by atoms with Crippen LogP contribution in [-0.4, -0.2) is 39.9 Å². The molecule has 0 bridgehead atoms. The molecular weight excluding hydrogens is 320 g/mol. The summed E-state index contributed by atoms with van der Waals surface area (Å²) in [6.45, 7) is 3.04. The van der Waals surface area contributed by atoms with Crippen molar-refractivity contribution in [3.05, 3.63) is 41.5 Å². The number of likely N-dealkylation sites (tertiary alicyclic amines) is 1. The van der Waals surface area contributed by atoms with Crippen molar-refractivity contribution >= 4 is 17.5 Å². The standard InChI is InChI=1S/C18H20N4O3/c1-11-19-17(25-21-11)12-5-4-8-22(10-12)18(24)14-9-16(23)20-15-7-3-2-6-13(14)15/h2-3,6-7,12,14H,4-5,8-10H2,1H3,(H,20,23)/t12-,14-/m0/s1. The molecule has 2 aliphatic rings. The van der Waals surface area contributed by atoms with Crippen molar-refractivity contribution in [1.29, 1.82) is 0 Å². The van der Waals surface area contributed by atoms with Gasteiger partial charge in [-0.25, -0.2) is 0 Å². The van der Waals surface area contributed by atoms with Crippen LogP contribution in [0, 0.1) is 6.92 Å². The molecule has 1 saturated heterocycles. The number of anilines is 1. The Labute approximate surface area is 145 Å². The van der Waals surface area contributed by atoms with Gasteiger partial charge in [0.2, 0.25) is 17.7 Å². The van der Waals surface area contributed by atoms with Gasteiger partial charge in [0.25, 0.3) is 0 Å². The van der Waals surface area contributed by atoms with Crippen molar-refractivity contribution in [2.45, 2.75) is 38.0 Å². The quantitative estimate of drug-likeness (QED) is 0.905. The fraction of sp³-hybridized carbons (Fsp3) is 0.444. The molecule has 7 heteroatoms. The maximum Gasteiger partial charge on any atom is 0.231 e. The summed E-state index contributed by atoms with van der Waals surface area (Å²) in [6.07, 6.45) is 2.00. The van der Waals surface area contributed by atoms with Crippen LogP contribution in [0.5, 0.6) is 0 Å². The van der Waals surface area contributed by atoms with Crippen molar-refractivity contribution in [3.63, 3.8) is 0 Å². The van der Waals surface area contributed by atoms with E-state index in [4.69, 9.17) is 4.52 Å². The lowest BCUT2D eigenvalue weighted by Crippen LogP contribution is -2.43. The van der Waals surface area contributed by atoms with E-state index in [0.29, 0.717) is 24.8 Å². The summed E-state index contributed by atoms with van der Waals surface area (Å²) in [4.78, 5) is 31.3. The normalized spacial score (nSPS) is 23.1. The highest BCUT2D eigenvalue weighted by Gasteiger charge is 2.36. The summed E-state index contributed by atoms with van der Waals surface area (Å²) >= 11 is 0. The lowest BCUT2D eigenvalue weighted by molar-refractivity contribution is -0.136. The number of amides is 2. The molecule has 1 N–H and O–H groups in total. The number of carbonyl (C=O) groups excluding carboxylic acids is 2. The van der Waals surface area contributed by atoms with E-state index in [9.17, 15) is 9.59 Å². The summed E-state index contributed by atoms with van der Waals surface area (Å²) < 4.78 is 5.29. The Morgan fingerprint density at radius 2 is 2.20 bits per heavy atom. The van der Waals surface area contributed by atoms with E-state index in [1.807, 2.05) is 29.2 Å². The topological polar surface area (TPSA) is 88.3 Å². The number of fused-ring (bicyclic) bond motifs is 1. The Hall–Kier alpha value is -2.70. The zero-order valence-corrected chi connectivity index (χ0v) is 14.1. The molecule has 2 aromatic rings. The van der Waals surface area contributed by atoms with Gasteiger partial charge >= 0.3 is 0 Å². The number of rotatable bonds is 2. The monoisotopic (exact) mass is 340 g/mol. The van der Waals surface area contributed by atoms with E-state index in [0.717, 1.165) is 24.1 Å². The Kier molecular flexibility index (Phi) is 3.99. The van der Waals surface area contributed by atoms with E-state index in [2.05, 4.69) is 15.5 Å². The third-order valence-electron chi connectivity index (χ3n) is 4.92. The van der Waals surface area contributed by atoms with E-state index in [1.54, 1.807) is 6.92 Å². The molecule has 1 aromatic heterocycles. The highest BCUT2D eigenvalue weighted by Crippen LogP contribution is 2.35. The third kappa shape index (κ3) is 3.01. The second-order valence-corrected chi connectivity index (χ2v) is 6.70. The number of carbonyl (C=O) groups is 2. The number of nitrogens with zero attached hydrogens (tertiary/aromatic N) is 3. The van der Waals surface area contributed by atoms with Gasteiger partial charge in [-0.15, -0.1) is 0 Å². The van der Waals surface area contributed by atoms with Gasteiger partial charge in [-0.1, -0.05) is 23.4 Å². The van der Waals surface area contributed by atoms with Gasteiger partial charge in [0.15, 0.2) is 5.82 Å². The largest absolute Gasteiger partial charge is 0.341 e. The number of nitrogens with one attached hydrogen (secondary N) is 1. The molecule has 1 fully saturated rings. The first-order chi connectivity index (χ1) is 12.1. The van der Waals surface area contributed by atoms with E-state index in [1.165, 1.54) is 0 Å². The van der Waals surface area contributed by atoms with Crippen LogP contribution >= 0.6 is 0 Å². The molecule has 0 aliphatic carbocycles. The second-order valence-electron chi connectivity index (χ2n) is 6.70. The van der Waals surface area contributed by atoms with Gasteiger partial charge in [-0.05, 0) is 31.4 Å². The lowest BCUT2D eigenvalue weighted by atomic mass is 9.88. The first-order valence-electron chi connectivity index (χ1n) is 8.59. The van der Waals surface area contributed by atoms with Crippen LogP contribution in [0.3, 0.4) is 0 Å². The summed E-state index contributed by atoms with van der Waals surface area (Å²) in [5.41, 5.74) is 1.63. The Morgan fingerprint density at radius 1 is 1.36 bits per heavy atom. The predicted molar refractivity (Wildman–Crippen MR) is 90.0 cm³/mol. The van der Waals surface area contributed by atoms with Crippen LogP contribution in [0.15, 0.2) is 28.8 Å². The Bertz CT molecular complexity index is 816. The number of hydrogen-bond acceptors (Lipinski definition) is 5. The highest BCUT2D eigenvalue weighted by atomic mass is 16.5. The molecule has 2 atom stereocenters. The van der Waals surface area contributed by atoms with E-state index >= 15 is 0 Å². The van der Waals surface area contributed by atoms with Crippen molar-refractivity contribution in [2.24, 2.45) is 0 Å². The second kappa shape index (κ2) is 6.31. The fourth-order valence-electron chi connectivity index (χ4n) is 3.71.